The number of aromatic amines is 1. The van der Waals surface area contributed by atoms with Gasteiger partial charge < -0.3 is 10.8 Å². The molecule has 0 aliphatic rings. The molecule has 1 heterocycles. The summed E-state index contributed by atoms with van der Waals surface area (Å²) in [5.74, 6) is -1.41. The minimum absolute atomic E-state index is 0.0337. The van der Waals surface area contributed by atoms with Crippen LogP contribution in [0.25, 0.3) is 0 Å². The van der Waals surface area contributed by atoms with Crippen LogP contribution in [0.4, 0.5) is 0 Å². The first-order chi connectivity index (χ1) is 7.40. The fourth-order valence-corrected chi connectivity index (χ4v) is 2.53. The molecule has 0 aliphatic heterocycles. The number of hydrogen-bond donors (Lipinski definition) is 4. The summed E-state index contributed by atoms with van der Waals surface area (Å²) in [6, 6.07) is 0. The van der Waals surface area contributed by atoms with E-state index in [1.807, 2.05) is 0 Å². The van der Waals surface area contributed by atoms with E-state index in [0.29, 0.717) is 0 Å². The van der Waals surface area contributed by atoms with Crippen molar-refractivity contribution in [3.8, 4) is 0 Å². The Kier molecular flexibility index (Phi) is 3.62. The summed E-state index contributed by atoms with van der Waals surface area (Å²) in [6.45, 7) is 1.58. The Morgan fingerprint density at radius 3 is 2.75 bits per heavy atom. The number of sulfonamides is 1. The first-order valence-electron chi connectivity index (χ1n) is 4.38. The first kappa shape index (κ1) is 12.6. The van der Waals surface area contributed by atoms with Gasteiger partial charge in [0.1, 0.15) is 4.90 Å². The number of nitrogens with zero attached hydrogens (tertiary/aromatic N) is 1. The third-order valence-electron chi connectivity index (χ3n) is 1.80. The molecule has 5 N–H and O–H groups in total. The maximum atomic E-state index is 11.7. The Morgan fingerprint density at radius 2 is 2.25 bits per heavy atom. The number of aryl methyl sites for hydroxylation is 1. The van der Waals surface area contributed by atoms with Crippen LogP contribution in [0.1, 0.15) is 16.2 Å². The molecule has 1 aromatic heterocycles. The Bertz CT molecular complexity index is 492. The lowest BCUT2D eigenvalue weighted by Crippen LogP contribution is -2.30. The molecule has 0 unspecified atom stereocenters. The van der Waals surface area contributed by atoms with Crippen molar-refractivity contribution in [2.24, 2.45) is 5.73 Å². The van der Waals surface area contributed by atoms with E-state index in [1.165, 1.54) is 6.92 Å². The molecule has 0 spiro atoms. The lowest BCUT2D eigenvalue weighted by atomic mass is 10.4. The molecule has 0 aliphatic carbocycles. The van der Waals surface area contributed by atoms with E-state index in [2.05, 4.69) is 14.9 Å². The lowest BCUT2D eigenvalue weighted by Gasteiger charge is -2.04. The second-order valence-electron chi connectivity index (χ2n) is 3.02. The fourth-order valence-electron chi connectivity index (χ4n) is 1.16. The molecule has 0 radical (unpaired) electrons. The lowest BCUT2D eigenvalue weighted by molar-refractivity contribution is 0.0686. The highest BCUT2D eigenvalue weighted by atomic mass is 32.2. The highest BCUT2D eigenvalue weighted by Gasteiger charge is 2.27. The normalized spacial score (nSPS) is 11.6. The standard InChI is InChI=1S/C7H12N4O4S/c1-4-6(5(7(12)13)11-10-4)16(14,15)9-3-2-8/h9H,2-3,8H2,1H3,(H,10,11)(H,12,13). The SMILES string of the molecule is Cc1[nH]nc(C(=O)O)c1S(=O)(=O)NCCN. The second kappa shape index (κ2) is 4.60. The molecule has 0 atom stereocenters. The highest BCUT2D eigenvalue weighted by Crippen LogP contribution is 2.16. The third kappa shape index (κ3) is 2.38. The molecule has 0 bridgehead atoms. The maximum Gasteiger partial charge on any atom is 0.357 e. The number of rotatable bonds is 5. The van der Waals surface area contributed by atoms with Crippen molar-refractivity contribution < 1.29 is 18.3 Å². The van der Waals surface area contributed by atoms with E-state index in [9.17, 15) is 13.2 Å². The van der Waals surface area contributed by atoms with Gasteiger partial charge in [-0.15, -0.1) is 0 Å². The molecule has 9 heteroatoms. The van der Waals surface area contributed by atoms with Gasteiger partial charge in [0.15, 0.2) is 5.69 Å². The number of nitrogens with two attached hydrogens (primary N) is 1. The fraction of sp³-hybridized carbons (Fsp3) is 0.429. The van der Waals surface area contributed by atoms with Gasteiger partial charge in [0, 0.05) is 13.1 Å². The zero-order chi connectivity index (χ0) is 12.3. The summed E-state index contributed by atoms with van der Waals surface area (Å²) in [5, 5.41) is 14.5. The quantitative estimate of drug-likeness (QED) is 0.508. The second-order valence-corrected chi connectivity index (χ2v) is 4.72. The maximum absolute atomic E-state index is 11.7. The number of nitrogens with one attached hydrogen (secondary N) is 2. The summed E-state index contributed by atoms with van der Waals surface area (Å²) < 4.78 is 25.6. The average Bonchev–Trinajstić information content (AvgIpc) is 2.58. The molecule has 0 saturated heterocycles. The van der Waals surface area contributed by atoms with Crippen LogP contribution in [0.15, 0.2) is 4.90 Å². The van der Waals surface area contributed by atoms with Gasteiger partial charge >= 0.3 is 5.97 Å². The number of aromatic nitrogens is 2. The minimum atomic E-state index is -3.89. The van der Waals surface area contributed by atoms with Gasteiger partial charge in [-0.1, -0.05) is 0 Å². The summed E-state index contributed by atoms with van der Waals surface area (Å²) in [6.07, 6.45) is 0. The van der Waals surface area contributed by atoms with Crippen molar-refractivity contribution in [1.82, 2.24) is 14.9 Å². The zero-order valence-corrected chi connectivity index (χ0v) is 9.34. The molecule has 8 nitrogen and oxygen atoms in total. The first-order valence-corrected chi connectivity index (χ1v) is 5.86. The number of H-pyrrole nitrogens is 1. The van der Waals surface area contributed by atoms with E-state index in [4.69, 9.17) is 10.8 Å². The average molecular weight is 248 g/mol. The number of carboxylic acids is 1. The van der Waals surface area contributed by atoms with Crippen molar-refractivity contribution in [1.29, 1.82) is 0 Å². The van der Waals surface area contributed by atoms with Crippen LogP contribution >= 0.6 is 0 Å². The van der Waals surface area contributed by atoms with Gasteiger partial charge in [-0.2, -0.15) is 5.10 Å². The van der Waals surface area contributed by atoms with Crippen LogP contribution in [0, 0.1) is 6.92 Å². The summed E-state index contributed by atoms with van der Waals surface area (Å²) >= 11 is 0. The van der Waals surface area contributed by atoms with Crippen LogP contribution < -0.4 is 10.5 Å². The number of hydrogen-bond acceptors (Lipinski definition) is 5. The summed E-state index contributed by atoms with van der Waals surface area (Å²) in [7, 11) is -3.89. The van der Waals surface area contributed by atoms with E-state index in [-0.39, 0.29) is 23.7 Å². The summed E-state index contributed by atoms with van der Waals surface area (Å²) in [4.78, 5) is 10.4. The molecule has 1 rings (SSSR count). The van der Waals surface area contributed by atoms with Crippen LogP contribution in [-0.2, 0) is 10.0 Å². The molecular formula is C7H12N4O4S. The van der Waals surface area contributed by atoms with E-state index < -0.39 is 21.7 Å². The van der Waals surface area contributed by atoms with E-state index in [0.717, 1.165) is 0 Å². The van der Waals surface area contributed by atoms with Gasteiger partial charge in [0.05, 0.1) is 5.69 Å². The Morgan fingerprint density at radius 1 is 1.62 bits per heavy atom. The topological polar surface area (TPSA) is 138 Å². The van der Waals surface area contributed by atoms with Gasteiger partial charge in [-0.25, -0.2) is 17.9 Å². The molecule has 1 aromatic rings. The monoisotopic (exact) mass is 248 g/mol. The zero-order valence-electron chi connectivity index (χ0n) is 8.52. The molecule has 16 heavy (non-hydrogen) atoms. The number of carbonyl (C=O) groups is 1. The van der Waals surface area contributed by atoms with Gasteiger partial charge in [0.25, 0.3) is 0 Å². The predicted molar refractivity (Wildman–Crippen MR) is 54.5 cm³/mol. The van der Waals surface area contributed by atoms with Crippen molar-refractivity contribution in [2.45, 2.75) is 11.8 Å². The van der Waals surface area contributed by atoms with Crippen molar-refractivity contribution in [2.75, 3.05) is 13.1 Å². The molecule has 0 amide bonds. The van der Waals surface area contributed by atoms with Crippen LogP contribution in [-0.4, -0.2) is 42.8 Å². The van der Waals surface area contributed by atoms with Crippen molar-refractivity contribution in [3.05, 3.63) is 11.4 Å². The molecule has 0 aromatic carbocycles. The number of aromatic carboxylic acids is 1. The predicted octanol–water partition coefficient (Wildman–Crippen LogP) is -1.35. The van der Waals surface area contributed by atoms with Crippen LogP contribution in [0.5, 0.6) is 0 Å². The largest absolute Gasteiger partial charge is 0.476 e. The molecule has 0 saturated carbocycles. The Hall–Kier alpha value is -1.45. The minimum Gasteiger partial charge on any atom is -0.476 e. The molecular weight excluding hydrogens is 236 g/mol. The van der Waals surface area contributed by atoms with Crippen LogP contribution in [0.2, 0.25) is 0 Å². The Labute approximate surface area is 91.9 Å². The number of carboxylic acid groups (broad SMARTS) is 1. The molecule has 90 valence electrons. The third-order valence-corrected chi connectivity index (χ3v) is 3.42. The smallest absolute Gasteiger partial charge is 0.357 e. The summed E-state index contributed by atoms with van der Waals surface area (Å²) in [5.41, 5.74) is 4.80. The van der Waals surface area contributed by atoms with Gasteiger partial charge in [-0.05, 0) is 6.92 Å². The molecule has 0 fully saturated rings. The van der Waals surface area contributed by atoms with Gasteiger partial charge in [-0.3, -0.25) is 5.10 Å². The van der Waals surface area contributed by atoms with Gasteiger partial charge in [0.2, 0.25) is 10.0 Å². The van der Waals surface area contributed by atoms with Crippen molar-refractivity contribution >= 4 is 16.0 Å². The Balaban J connectivity index is 3.21. The highest BCUT2D eigenvalue weighted by molar-refractivity contribution is 7.89. The van der Waals surface area contributed by atoms with Crippen LogP contribution in [0.3, 0.4) is 0 Å². The van der Waals surface area contributed by atoms with E-state index in [1.54, 1.807) is 0 Å². The van der Waals surface area contributed by atoms with E-state index >= 15 is 0 Å². The van der Waals surface area contributed by atoms with Crippen molar-refractivity contribution in [3.63, 3.8) is 0 Å².